The van der Waals surface area contributed by atoms with Crippen molar-refractivity contribution in [2.75, 3.05) is 22.8 Å². The molecule has 0 atom stereocenters. The number of nitrogens with one attached hydrogen (secondary N) is 1. The molecule has 0 heterocycles. The van der Waals surface area contributed by atoms with E-state index < -0.39 is 34.6 Å². The first-order valence-corrected chi connectivity index (χ1v) is 12.0. The minimum Gasteiger partial charge on any atom is -0.494 e. The second-order valence-electron chi connectivity index (χ2n) is 7.01. The van der Waals surface area contributed by atoms with E-state index in [-0.39, 0.29) is 16.3 Å². The molecule has 1 N–H and O–H groups in total. The Hall–Kier alpha value is -3.44. The number of hydrogen-bond acceptors (Lipinski definition) is 5. The van der Waals surface area contributed by atoms with Crippen LogP contribution in [0.1, 0.15) is 6.92 Å². The van der Waals surface area contributed by atoms with Gasteiger partial charge in [-0.3, -0.25) is 9.10 Å². The maximum Gasteiger partial charge on any atom is 0.573 e. The molecule has 0 radical (unpaired) electrons. The van der Waals surface area contributed by atoms with Crippen LogP contribution in [0.5, 0.6) is 11.5 Å². The van der Waals surface area contributed by atoms with E-state index in [1.165, 1.54) is 48.5 Å². The summed E-state index contributed by atoms with van der Waals surface area (Å²) in [4.78, 5) is 12.7. The van der Waals surface area contributed by atoms with Crippen molar-refractivity contribution in [3.05, 3.63) is 77.8 Å². The maximum atomic E-state index is 13.4. The largest absolute Gasteiger partial charge is 0.573 e. The van der Waals surface area contributed by atoms with E-state index in [0.29, 0.717) is 17.4 Å². The van der Waals surface area contributed by atoms with E-state index in [0.717, 1.165) is 16.4 Å². The number of alkyl halides is 3. The maximum absolute atomic E-state index is 13.4. The number of ether oxygens (including phenoxy) is 2. The summed E-state index contributed by atoms with van der Waals surface area (Å²) in [5.74, 6) is -0.663. The summed E-state index contributed by atoms with van der Waals surface area (Å²) < 4.78 is 73.8. The van der Waals surface area contributed by atoms with Crippen molar-refractivity contribution in [3.8, 4) is 11.5 Å². The van der Waals surface area contributed by atoms with Gasteiger partial charge in [0.2, 0.25) is 5.91 Å². The molecule has 7 nitrogen and oxygen atoms in total. The Morgan fingerprint density at radius 1 is 0.943 bits per heavy atom. The Bertz CT molecular complexity index is 1250. The Kier molecular flexibility index (Phi) is 8.13. The van der Waals surface area contributed by atoms with Crippen molar-refractivity contribution in [2.45, 2.75) is 18.2 Å². The predicted octanol–water partition coefficient (Wildman–Crippen LogP) is 5.47. The van der Waals surface area contributed by atoms with Gasteiger partial charge in [-0.25, -0.2) is 8.42 Å². The quantitative estimate of drug-likeness (QED) is 0.398. The van der Waals surface area contributed by atoms with Crippen molar-refractivity contribution in [3.63, 3.8) is 0 Å². The summed E-state index contributed by atoms with van der Waals surface area (Å²) in [6, 6.07) is 16.0. The number of amides is 1. The second-order valence-corrected chi connectivity index (χ2v) is 9.31. The van der Waals surface area contributed by atoms with Gasteiger partial charge < -0.3 is 14.8 Å². The molecular formula is C23H20ClF3N2O5S. The molecular weight excluding hydrogens is 509 g/mol. The van der Waals surface area contributed by atoms with Gasteiger partial charge in [-0.05, 0) is 79.7 Å². The molecule has 0 saturated heterocycles. The summed E-state index contributed by atoms with van der Waals surface area (Å²) in [7, 11) is -4.18. The molecule has 0 aliphatic rings. The van der Waals surface area contributed by atoms with Gasteiger partial charge in [0, 0.05) is 10.7 Å². The molecule has 3 rings (SSSR count). The molecule has 0 unspecified atom stereocenters. The van der Waals surface area contributed by atoms with Crippen LogP contribution in [0, 0.1) is 0 Å². The summed E-state index contributed by atoms with van der Waals surface area (Å²) in [6.45, 7) is 1.61. The van der Waals surface area contributed by atoms with E-state index in [9.17, 15) is 26.4 Å². The highest BCUT2D eigenvalue weighted by Crippen LogP contribution is 2.27. The number of benzene rings is 3. The van der Waals surface area contributed by atoms with Crippen LogP contribution in [-0.2, 0) is 14.8 Å². The van der Waals surface area contributed by atoms with Crippen molar-refractivity contribution in [2.24, 2.45) is 0 Å². The van der Waals surface area contributed by atoms with Crippen LogP contribution in [0.4, 0.5) is 24.5 Å². The zero-order valence-corrected chi connectivity index (χ0v) is 19.8. The molecule has 0 fully saturated rings. The van der Waals surface area contributed by atoms with E-state index in [1.807, 2.05) is 0 Å². The highest BCUT2D eigenvalue weighted by molar-refractivity contribution is 7.92. The Morgan fingerprint density at radius 2 is 1.51 bits per heavy atom. The fourth-order valence-electron chi connectivity index (χ4n) is 3.00. The molecule has 0 aliphatic heterocycles. The van der Waals surface area contributed by atoms with Crippen molar-refractivity contribution < 1.29 is 35.9 Å². The fraction of sp³-hybridized carbons (Fsp3) is 0.174. The monoisotopic (exact) mass is 528 g/mol. The van der Waals surface area contributed by atoms with Crippen LogP contribution in [0.2, 0.25) is 5.02 Å². The van der Waals surface area contributed by atoms with Gasteiger partial charge in [0.15, 0.2) is 0 Å². The van der Waals surface area contributed by atoms with Crippen LogP contribution in [0.15, 0.2) is 77.7 Å². The standard InChI is InChI=1S/C23H20ClF3N2O5S/c1-2-33-19-11-7-18(8-12-19)29(35(31,32)21-13-3-16(24)4-14-21)15-22(30)28-17-5-9-20(10-6-17)34-23(25,26)27/h3-14H,2,15H2,1H3,(H,28,30). The van der Waals surface area contributed by atoms with Gasteiger partial charge in [0.25, 0.3) is 10.0 Å². The molecule has 35 heavy (non-hydrogen) atoms. The third-order valence-electron chi connectivity index (χ3n) is 4.50. The number of nitrogens with zero attached hydrogens (tertiary/aromatic N) is 1. The SMILES string of the molecule is CCOc1ccc(N(CC(=O)Nc2ccc(OC(F)(F)F)cc2)S(=O)(=O)c2ccc(Cl)cc2)cc1. The summed E-state index contributed by atoms with van der Waals surface area (Å²) >= 11 is 5.87. The second kappa shape index (κ2) is 10.9. The van der Waals surface area contributed by atoms with Crippen molar-refractivity contribution in [1.82, 2.24) is 0 Å². The normalized spacial score (nSPS) is 11.6. The van der Waals surface area contributed by atoms with Crippen molar-refractivity contribution in [1.29, 1.82) is 0 Å². The lowest BCUT2D eigenvalue weighted by molar-refractivity contribution is -0.274. The molecule has 0 aliphatic carbocycles. The van der Waals surface area contributed by atoms with Crippen LogP contribution in [-0.4, -0.2) is 33.8 Å². The lowest BCUT2D eigenvalue weighted by Crippen LogP contribution is -2.38. The minimum atomic E-state index is -4.85. The molecule has 3 aromatic rings. The third kappa shape index (κ3) is 7.27. The Balaban J connectivity index is 1.85. The van der Waals surface area contributed by atoms with Gasteiger partial charge in [-0.1, -0.05) is 11.6 Å². The van der Waals surface area contributed by atoms with E-state index >= 15 is 0 Å². The molecule has 186 valence electrons. The van der Waals surface area contributed by atoms with Crippen LogP contribution < -0.4 is 19.1 Å². The van der Waals surface area contributed by atoms with Gasteiger partial charge in [0.05, 0.1) is 17.2 Å². The molecule has 0 bridgehead atoms. The van der Waals surface area contributed by atoms with E-state index in [1.54, 1.807) is 19.1 Å². The first-order chi connectivity index (χ1) is 16.5. The molecule has 12 heteroatoms. The smallest absolute Gasteiger partial charge is 0.494 e. The number of carbonyl (C=O) groups is 1. The average Bonchev–Trinajstić information content (AvgIpc) is 2.79. The van der Waals surface area contributed by atoms with Gasteiger partial charge >= 0.3 is 6.36 Å². The third-order valence-corrected chi connectivity index (χ3v) is 6.54. The molecule has 0 spiro atoms. The van der Waals surface area contributed by atoms with Gasteiger partial charge in [0.1, 0.15) is 18.0 Å². The van der Waals surface area contributed by atoms with Gasteiger partial charge in [-0.15, -0.1) is 13.2 Å². The summed E-state index contributed by atoms with van der Waals surface area (Å²) in [5, 5.41) is 2.81. The van der Waals surface area contributed by atoms with E-state index in [2.05, 4.69) is 10.1 Å². The number of sulfonamides is 1. The lowest BCUT2D eigenvalue weighted by atomic mass is 10.3. The molecule has 0 saturated carbocycles. The number of hydrogen-bond donors (Lipinski definition) is 1. The number of halogens is 4. The number of carbonyl (C=O) groups excluding carboxylic acids is 1. The number of anilines is 2. The first-order valence-electron chi connectivity index (χ1n) is 10.1. The van der Waals surface area contributed by atoms with Crippen LogP contribution in [0.25, 0.3) is 0 Å². The Labute approximate surface area is 205 Å². The van der Waals surface area contributed by atoms with Gasteiger partial charge in [-0.2, -0.15) is 0 Å². The topological polar surface area (TPSA) is 84.9 Å². The fourth-order valence-corrected chi connectivity index (χ4v) is 4.54. The first kappa shape index (κ1) is 26.2. The summed E-state index contributed by atoms with van der Waals surface area (Å²) in [6.07, 6.45) is -4.85. The predicted molar refractivity (Wildman–Crippen MR) is 125 cm³/mol. The minimum absolute atomic E-state index is 0.0859. The summed E-state index contributed by atoms with van der Waals surface area (Å²) in [5.41, 5.74) is 0.354. The highest BCUT2D eigenvalue weighted by Gasteiger charge is 2.31. The number of rotatable bonds is 9. The van der Waals surface area contributed by atoms with Crippen LogP contribution in [0.3, 0.4) is 0 Å². The molecule has 1 amide bonds. The van der Waals surface area contributed by atoms with Crippen molar-refractivity contribution >= 4 is 38.9 Å². The molecule has 0 aromatic heterocycles. The Morgan fingerprint density at radius 3 is 2.06 bits per heavy atom. The highest BCUT2D eigenvalue weighted by atomic mass is 35.5. The lowest BCUT2D eigenvalue weighted by Gasteiger charge is -2.24. The average molecular weight is 529 g/mol. The van der Waals surface area contributed by atoms with E-state index in [4.69, 9.17) is 16.3 Å². The zero-order valence-electron chi connectivity index (χ0n) is 18.3. The molecule has 3 aromatic carbocycles. The van der Waals surface area contributed by atoms with Crippen LogP contribution >= 0.6 is 11.6 Å². The zero-order chi connectivity index (χ0) is 25.6.